The number of anilines is 1. The van der Waals surface area contributed by atoms with Gasteiger partial charge in [0.25, 0.3) is 0 Å². The van der Waals surface area contributed by atoms with Crippen molar-refractivity contribution in [2.75, 3.05) is 5.32 Å². The average molecular weight is 270 g/mol. The number of aromatic nitrogens is 2. The van der Waals surface area contributed by atoms with Crippen LogP contribution in [0.1, 0.15) is 35.9 Å². The van der Waals surface area contributed by atoms with Crippen molar-refractivity contribution in [2.24, 2.45) is 0 Å². The van der Waals surface area contributed by atoms with E-state index in [9.17, 15) is 5.26 Å². The van der Waals surface area contributed by atoms with Gasteiger partial charge in [0.2, 0.25) is 0 Å². The Hall–Kier alpha value is -2.35. The first kappa shape index (κ1) is 14.1. The minimum atomic E-state index is 0.184. The fourth-order valence-electron chi connectivity index (χ4n) is 1.97. The number of furan rings is 1. The number of nitrogens with one attached hydrogen (secondary N) is 1. The number of hydrogen-bond acceptors (Lipinski definition) is 5. The van der Waals surface area contributed by atoms with Gasteiger partial charge in [-0.25, -0.2) is 0 Å². The largest absolute Gasteiger partial charge is 0.469 e. The zero-order chi connectivity index (χ0) is 14.5. The van der Waals surface area contributed by atoms with E-state index in [2.05, 4.69) is 28.5 Å². The highest BCUT2D eigenvalue weighted by atomic mass is 16.3. The Morgan fingerprint density at radius 3 is 2.85 bits per heavy atom. The monoisotopic (exact) mass is 270 g/mol. The van der Waals surface area contributed by atoms with Crippen molar-refractivity contribution in [3.05, 3.63) is 41.0 Å². The van der Waals surface area contributed by atoms with Crippen molar-refractivity contribution in [3.8, 4) is 6.07 Å². The van der Waals surface area contributed by atoms with Crippen LogP contribution >= 0.6 is 0 Å². The molecule has 2 rings (SSSR count). The van der Waals surface area contributed by atoms with Gasteiger partial charge in [0, 0.05) is 12.5 Å². The lowest BCUT2D eigenvalue weighted by atomic mass is 10.1. The molecule has 2 aromatic rings. The van der Waals surface area contributed by atoms with Gasteiger partial charge in [-0.3, -0.25) is 0 Å². The van der Waals surface area contributed by atoms with Gasteiger partial charge >= 0.3 is 0 Å². The molecule has 20 heavy (non-hydrogen) atoms. The van der Waals surface area contributed by atoms with Crippen LogP contribution in [-0.4, -0.2) is 16.2 Å². The SMILES string of the molecule is Cc1nnc(NC(C)CCc2ccco2)c(C#N)c1C. The van der Waals surface area contributed by atoms with E-state index in [1.54, 1.807) is 6.26 Å². The second-order valence-electron chi connectivity index (χ2n) is 4.91. The van der Waals surface area contributed by atoms with E-state index in [1.165, 1.54) is 0 Å². The zero-order valence-corrected chi connectivity index (χ0v) is 12.0. The lowest BCUT2D eigenvalue weighted by molar-refractivity contribution is 0.494. The van der Waals surface area contributed by atoms with Crippen LogP contribution in [0.4, 0.5) is 5.82 Å². The summed E-state index contributed by atoms with van der Waals surface area (Å²) in [5, 5.41) is 20.7. The molecule has 5 nitrogen and oxygen atoms in total. The Morgan fingerprint density at radius 2 is 2.20 bits per heavy atom. The maximum atomic E-state index is 9.24. The molecule has 1 unspecified atom stereocenters. The van der Waals surface area contributed by atoms with Crippen LogP contribution in [0.15, 0.2) is 22.8 Å². The van der Waals surface area contributed by atoms with Gasteiger partial charge < -0.3 is 9.73 Å². The molecule has 0 radical (unpaired) electrons. The summed E-state index contributed by atoms with van der Waals surface area (Å²) in [6, 6.07) is 6.23. The quantitative estimate of drug-likeness (QED) is 0.904. The Bertz CT molecular complexity index is 614. The Morgan fingerprint density at radius 1 is 1.40 bits per heavy atom. The number of hydrogen-bond donors (Lipinski definition) is 1. The molecule has 0 aromatic carbocycles. The second-order valence-corrected chi connectivity index (χ2v) is 4.91. The molecule has 0 saturated carbocycles. The van der Waals surface area contributed by atoms with Crippen LogP contribution in [0.25, 0.3) is 0 Å². The molecule has 0 spiro atoms. The normalized spacial score (nSPS) is 11.9. The predicted octanol–water partition coefficient (Wildman–Crippen LogP) is 2.99. The van der Waals surface area contributed by atoms with Crippen LogP contribution in [0, 0.1) is 25.2 Å². The molecular weight excluding hydrogens is 252 g/mol. The van der Waals surface area contributed by atoms with E-state index >= 15 is 0 Å². The third kappa shape index (κ3) is 3.15. The van der Waals surface area contributed by atoms with Crippen molar-refractivity contribution < 1.29 is 4.42 Å². The molecule has 0 aliphatic heterocycles. The number of nitrogens with zero attached hydrogens (tertiary/aromatic N) is 3. The minimum absolute atomic E-state index is 0.184. The van der Waals surface area contributed by atoms with Gasteiger partial charge in [-0.2, -0.15) is 10.4 Å². The van der Waals surface area contributed by atoms with E-state index in [1.807, 2.05) is 26.0 Å². The van der Waals surface area contributed by atoms with Crippen molar-refractivity contribution in [2.45, 2.75) is 39.7 Å². The van der Waals surface area contributed by atoms with Gasteiger partial charge in [-0.15, -0.1) is 5.10 Å². The highest BCUT2D eigenvalue weighted by Gasteiger charge is 2.13. The molecule has 5 heteroatoms. The minimum Gasteiger partial charge on any atom is -0.469 e. The van der Waals surface area contributed by atoms with Crippen LogP contribution in [-0.2, 0) is 6.42 Å². The first-order valence-corrected chi connectivity index (χ1v) is 6.64. The van der Waals surface area contributed by atoms with E-state index < -0.39 is 0 Å². The van der Waals surface area contributed by atoms with Gasteiger partial charge in [0.05, 0.1) is 12.0 Å². The lowest BCUT2D eigenvalue weighted by Gasteiger charge is -2.15. The van der Waals surface area contributed by atoms with E-state index in [4.69, 9.17) is 4.42 Å². The summed E-state index contributed by atoms with van der Waals surface area (Å²) < 4.78 is 5.31. The molecule has 0 saturated heterocycles. The summed E-state index contributed by atoms with van der Waals surface area (Å²) in [6.45, 7) is 5.80. The molecule has 104 valence electrons. The van der Waals surface area contributed by atoms with Gasteiger partial charge in [-0.1, -0.05) is 0 Å². The Labute approximate surface area is 118 Å². The number of rotatable bonds is 5. The predicted molar refractivity (Wildman–Crippen MR) is 76.3 cm³/mol. The van der Waals surface area contributed by atoms with Crippen molar-refractivity contribution >= 4 is 5.82 Å². The summed E-state index contributed by atoms with van der Waals surface area (Å²) in [7, 11) is 0. The standard InChI is InChI=1S/C15H18N4O/c1-10(6-7-13-5-4-8-20-13)17-15-14(9-16)11(2)12(3)18-19-15/h4-5,8,10H,6-7H2,1-3H3,(H,17,19). The van der Waals surface area contributed by atoms with E-state index in [0.717, 1.165) is 29.9 Å². The van der Waals surface area contributed by atoms with Crippen LogP contribution < -0.4 is 5.32 Å². The van der Waals surface area contributed by atoms with E-state index in [0.29, 0.717) is 11.4 Å². The molecule has 0 amide bonds. The number of nitriles is 1. The first-order chi connectivity index (χ1) is 9.61. The fraction of sp³-hybridized carbons (Fsp3) is 0.400. The van der Waals surface area contributed by atoms with Gasteiger partial charge in [-0.05, 0) is 44.9 Å². The topological polar surface area (TPSA) is 74.7 Å². The second kappa shape index (κ2) is 6.20. The molecule has 0 bridgehead atoms. The molecule has 0 fully saturated rings. The average Bonchev–Trinajstić information content (AvgIpc) is 2.94. The molecule has 0 aliphatic rings. The highest BCUT2D eigenvalue weighted by molar-refractivity contribution is 5.56. The van der Waals surface area contributed by atoms with Crippen LogP contribution in [0.2, 0.25) is 0 Å². The van der Waals surface area contributed by atoms with Crippen molar-refractivity contribution in [3.63, 3.8) is 0 Å². The number of aryl methyl sites for hydroxylation is 2. The summed E-state index contributed by atoms with van der Waals surface area (Å²) >= 11 is 0. The van der Waals surface area contributed by atoms with Crippen molar-refractivity contribution in [1.29, 1.82) is 5.26 Å². The lowest BCUT2D eigenvalue weighted by Crippen LogP contribution is -2.19. The Balaban J connectivity index is 2.03. The van der Waals surface area contributed by atoms with Crippen LogP contribution in [0.5, 0.6) is 0 Å². The molecule has 2 aromatic heterocycles. The smallest absolute Gasteiger partial charge is 0.167 e. The maximum absolute atomic E-state index is 9.24. The first-order valence-electron chi connectivity index (χ1n) is 6.64. The van der Waals surface area contributed by atoms with Crippen LogP contribution in [0.3, 0.4) is 0 Å². The third-order valence-corrected chi connectivity index (χ3v) is 3.35. The molecule has 0 aliphatic carbocycles. The summed E-state index contributed by atoms with van der Waals surface area (Å²) in [4.78, 5) is 0. The van der Waals surface area contributed by atoms with E-state index in [-0.39, 0.29) is 6.04 Å². The summed E-state index contributed by atoms with van der Waals surface area (Å²) in [5.41, 5.74) is 2.24. The molecular formula is C15H18N4O. The molecule has 1 N–H and O–H groups in total. The van der Waals surface area contributed by atoms with Gasteiger partial charge in [0.15, 0.2) is 5.82 Å². The Kier molecular flexibility index (Phi) is 4.36. The molecule has 1 atom stereocenters. The third-order valence-electron chi connectivity index (χ3n) is 3.35. The van der Waals surface area contributed by atoms with Crippen molar-refractivity contribution in [1.82, 2.24) is 10.2 Å². The summed E-state index contributed by atoms with van der Waals surface area (Å²) in [6.07, 6.45) is 3.42. The maximum Gasteiger partial charge on any atom is 0.167 e. The van der Waals surface area contributed by atoms with Gasteiger partial charge in [0.1, 0.15) is 17.4 Å². The molecule has 2 heterocycles. The fourth-order valence-corrected chi connectivity index (χ4v) is 1.97. The highest BCUT2D eigenvalue weighted by Crippen LogP contribution is 2.18. The zero-order valence-electron chi connectivity index (χ0n) is 12.0. The summed E-state index contributed by atoms with van der Waals surface area (Å²) in [5.74, 6) is 1.52.